The van der Waals surface area contributed by atoms with E-state index in [0.29, 0.717) is 16.8 Å². The lowest BCUT2D eigenvalue weighted by atomic mass is 10.1. The zero-order valence-corrected chi connectivity index (χ0v) is 22.1. The number of carboxylic acids is 1. The number of aliphatic carboxylic acids is 1. The Morgan fingerprint density at radius 2 is 1.59 bits per heavy atom. The van der Waals surface area contributed by atoms with Gasteiger partial charge in [0.25, 0.3) is 5.84 Å². The molecule has 1 amide bonds. The highest BCUT2D eigenvalue weighted by Gasteiger charge is 2.28. The van der Waals surface area contributed by atoms with Gasteiger partial charge in [0.2, 0.25) is 15.9 Å². The van der Waals surface area contributed by atoms with Crippen molar-refractivity contribution >= 4 is 39.4 Å². The van der Waals surface area contributed by atoms with Crippen LogP contribution >= 0.6 is 0 Å². The maximum absolute atomic E-state index is 12.4. The number of nitrogens with two attached hydrogens (primary N) is 2. The molecule has 0 aliphatic heterocycles. The van der Waals surface area contributed by atoms with E-state index in [-0.39, 0.29) is 36.0 Å². The predicted octanol–water partition coefficient (Wildman–Crippen LogP) is 0.102. The van der Waals surface area contributed by atoms with Gasteiger partial charge in [-0.3, -0.25) is 15.9 Å². The monoisotopic (exact) mass is 574 g/mol. The Labute approximate surface area is 223 Å². The fourth-order valence-electron chi connectivity index (χ4n) is 2.67. The number of esters is 1. The van der Waals surface area contributed by atoms with Crippen molar-refractivity contribution in [3.05, 3.63) is 59.7 Å². The maximum atomic E-state index is 12.4. The minimum Gasteiger partial charge on any atom is -0.542 e. The van der Waals surface area contributed by atoms with Gasteiger partial charge in [0.05, 0.1) is 16.0 Å². The van der Waals surface area contributed by atoms with Crippen LogP contribution < -0.4 is 26.3 Å². The van der Waals surface area contributed by atoms with E-state index in [2.05, 4.69) is 10.0 Å². The van der Waals surface area contributed by atoms with Crippen LogP contribution in [0.15, 0.2) is 53.4 Å². The van der Waals surface area contributed by atoms with Crippen LogP contribution in [0, 0.1) is 0 Å². The first kappa shape index (κ1) is 33.0. The number of benzene rings is 2. The number of amidine groups is 1. The summed E-state index contributed by atoms with van der Waals surface area (Å²) in [6.45, 7) is 5.38. The number of carbonyl (C=O) groups is 3. The molecule has 0 fully saturated rings. The minimum atomic E-state index is -5.19. The number of nitrogens with one attached hydrogen (secondary N) is 2. The van der Waals surface area contributed by atoms with Crippen molar-refractivity contribution in [2.45, 2.75) is 50.3 Å². The molecular weight excluding hydrogens is 545 g/mol. The van der Waals surface area contributed by atoms with Crippen LogP contribution in [-0.2, 0) is 24.3 Å². The molecule has 0 unspecified atom stereocenters. The number of hydrogen-bond acceptors (Lipinski definition) is 7. The molecule has 0 aliphatic rings. The number of amides is 1. The molecule has 0 aliphatic carbocycles. The smallest absolute Gasteiger partial charge is 0.430 e. The largest absolute Gasteiger partial charge is 0.542 e. The van der Waals surface area contributed by atoms with Gasteiger partial charge in [-0.2, -0.15) is 13.2 Å². The molecule has 214 valence electrons. The average Bonchev–Trinajstić information content (AvgIpc) is 2.81. The van der Waals surface area contributed by atoms with E-state index >= 15 is 0 Å². The molecule has 15 heteroatoms. The number of sulfonamides is 1. The molecule has 2 rings (SSSR count). The van der Waals surface area contributed by atoms with Crippen molar-refractivity contribution in [2.24, 2.45) is 5.73 Å². The number of hydrogen-bond donors (Lipinski definition) is 4. The fraction of sp³-hybridized carbons (Fsp3) is 0.333. The molecule has 11 nitrogen and oxygen atoms in total. The SMILES string of the molecule is CC(C)(C)OC(=O)c1cccc(NC(=O)CCCNS(=O)(=O)c2cccc(C(N)=[NH2+])c2)c1.O=C([O-])C(F)(F)F. The Morgan fingerprint density at radius 3 is 2.13 bits per heavy atom. The van der Waals surface area contributed by atoms with Crippen LogP contribution in [0.5, 0.6) is 0 Å². The van der Waals surface area contributed by atoms with Gasteiger partial charge in [0.1, 0.15) is 11.6 Å². The average molecular weight is 575 g/mol. The maximum Gasteiger partial charge on any atom is 0.430 e. The lowest BCUT2D eigenvalue weighted by molar-refractivity contribution is -0.344. The van der Waals surface area contributed by atoms with Crippen molar-refractivity contribution in [1.29, 1.82) is 0 Å². The first-order valence-electron chi connectivity index (χ1n) is 11.2. The third-order valence-corrected chi connectivity index (χ3v) is 5.82. The lowest BCUT2D eigenvalue weighted by Gasteiger charge is -2.19. The summed E-state index contributed by atoms with van der Waals surface area (Å²) in [5, 5.41) is 17.0. The molecule has 2 aromatic rings. The van der Waals surface area contributed by atoms with Gasteiger partial charge in [-0.15, -0.1) is 0 Å². The van der Waals surface area contributed by atoms with E-state index < -0.39 is 33.7 Å². The van der Waals surface area contributed by atoms with Crippen LogP contribution in [-0.4, -0.2) is 50.4 Å². The standard InChI is InChI=1S/C22H28N4O5S.C2HF3O2/c1-22(2,3)31-21(28)16-8-4-9-17(13-16)26-19(27)11-6-12-25-32(29,30)18-10-5-7-15(14-18)20(23)24;3-2(4,5)1(6)7/h4-5,7-10,13-14,25H,6,11-12H2,1-3H3,(H3,23,24)(H,26,27);(H,6,7). The zero-order valence-electron chi connectivity index (χ0n) is 21.3. The van der Waals surface area contributed by atoms with Crippen molar-refractivity contribution in [2.75, 3.05) is 11.9 Å². The topological polar surface area (TPSA) is 193 Å². The first-order chi connectivity index (χ1) is 17.8. The van der Waals surface area contributed by atoms with Gasteiger partial charge in [-0.25, -0.2) is 17.9 Å². The molecular formula is C24H29F3N4O7S. The molecule has 0 radical (unpaired) electrons. The van der Waals surface area contributed by atoms with Crippen molar-refractivity contribution < 1.29 is 51.2 Å². The molecule has 0 heterocycles. The van der Waals surface area contributed by atoms with E-state index in [1.807, 2.05) is 0 Å². The normalized spacial score (nSPS) is 11.5. The second-order valence-electron chi connectivity index (χ2n) is 8.90. The van der Waals surface area contributed by atoms with E-state index in [4.69, 9.17) is 25.8 Å². The van der Waals surface area contributed by atoms with Gasteiger partial charge >= 0.3 is 12.1 Å². The molecule has 39 heavy (non-hydrogen) atoms. The Bertz CT molecular complexity index is 1310. The van der Waals surface area contributed by atoms with E-state index in [9.17, 15) is 31.2 Å². The Balaban J connectivity index is 0.000000956. The van der Waals surface area contributed by atoms with Crippen molar-refractivity contribution in [3.63, 3.8) is 0 Å². The van der Waals surface area contributed by atoms with Gasteiger partial charge in [-0.1, -0.05) is 12.1 Å². The van der Waals surface area contributed by atoms with E-state index in [1.165, 1.54) is 18.2 Å². The Morgan fingerprint density at radius 1 is 1.03 bits per heavy atom. The summed E-state index contributed by atoms with van der Waals surface area (Å²) in [6, 6.07) is 12.4. The summed E-state index contributed by atoms with van der Waals surface area (Å²) >= 11 is 0. The lowest BCUT2D eigenvalue weighted by Crippen LogP contribution is -2.46. The molecule has 0 saturated carbocycles. The highest BCUT2D eigenvalue weighted by molar-refractivity contribution is 7.89. The first-order valence-corrected chi connectivity index (χ1v) is 12.7. The minimum absolute atomic E-state index is 0.0226. The second kappa shape index (κ2) is 13.7. The number of rotatable bonds is 9. The predicted molar refractivity (Wildman–Crippen MR) is 132 cm³/mol. The fourth-order valence-corrected chi connectivity index (χ4v) is 3.79. The molecule has 0 bridgehead atoms. The number of carboxylic acid groups (broad SMARTS) is 1. The van der Waals surface area contributed by atoms with Crippen LogP contribution in [0.1, 0.15) is 49.5 Å². The number of anilines is 1. The molecule has 0 saturated heterocycles. The van der Waals surface area contributed by atoms with Crippen LogP contribution in [0.4, 0.5) is 18.9 Å². The summed E-state index contributed by atoms with van der Waals surface area (Å²) in [5.74, 6) is -3.78. The molecule has 6 N–H and O–H groups in total. The third-order valence-electron chi connectivity index (χ3n) is 4.36. The summed E-state index contributed by atoms with van der Waals surface area (Å²) < 4.78 is 64.1. The highest BCUT2D eigenvalue weighted by atomic mass is 32.2. The number of halogens is 3. The van der Waals surface area contributed by atoms with Crippen molar-refractivity contribution in [1.82, 2.24) is 4.72 Å². The Kier molecular flexibility index (Phi) is 11.6. The molecule has 0 spiro atoms. The molecule has 0 aromatic heterocycles. The van der Waals surface area contributed by atoms with E-state index in [1.54, 1.807) is 51.1 Å². The van der Waals surface area contributed by atoms with Crippen LogP contribution in [0.25, 0.3) is 0 Å². The van der Waals surface area contributed by atoms with Crippen LogP contribution in [0.3, 0.4) is 0 Å². The van der Waals surface area contributed by atoms with Gasteiger partial charge < -0.3 is 20.0 Å². The second-order valence-corrected chi connectivity index (χ2v) is 10.7. The third kappa shape index (κ3) is 12.4. The number of carbonyl (C=O) groups excluding carboxylic acids is 3. The molecule has 0 atom stereocenters. The number of alkyl halides is 3. The summed E-state index contributed by atoms with van der Waals surface area (Å²) in [7, 11) is -3.76. The summed E-state index contributed by atoms with van der Waals surface area (Å²) in [4.78, 5) is 33.2. The quantitative estimate of drug-likeness (QED) is 0.140. The zero-order chi connectivity index (χ0) is 30.0. The van der Waals surface area contributed by atoms with Crippen molar-refractivity contribution in [3.8, 4) is 0 Å². The van der Waals surface area contributed by atoms with Gasteiger partial charge in [0.15, 0.2) is 0 Å². The molecule has 2 aromatic carbocycles. The van der Waals surface area contributed by atoms with E-state index in [0.717, 1.165) is 0 Å². The Hall–Kier alpha value is -3.98. The highest BCUT2D eigenvalue weighted by Crippen LogP contribution is 2.16. The summed E-state index contributed by atoms with van der Waals surface area (Å²) in [6.07, 6.45) is -4.83. The van der Waals surface area contributed by atoms with Gasteiger partial charge in [-0.05, 0) is 63.6 Å². The van der Waals surface area contributed by atoms with Gasteiger partial charge in [0, 0.05) is 18.7 Å². The number of ether oxygens (including phenoxy) is 1. The summed E-state index contributed by atoms with van der Waals surface area (Å²) in [5.41, 5.74) is 6.07. The van der Waals surface area contributed by atoms with Crippen LogP contribution in [0.2, 0.25) is 0 Å².